The van der Waals surface area contributed by atoms with Gasteiger partial charge < -0.3 is 10.1 Å². The second kappa shape index (κ2) is 5.33. The molecule has 0 spiro atoms. The van der Waals surface area contributed by atoms with Gasteiger partial charge in [0.2, 0.25) is 0 Å². The highest BCUT2D eigenvalue weighted by atomic mass is 79.9. The lowest BCUT2D eigenvalue weighted by molar-refractivity contribution is 0.412. The van der Waals surface area contributed by atoms with Crippen molar-refractivity contribution in [2.45, 2.75) is 13.0 Å². The Morgan fingerprint density at radius 2 is 2.20 bits per heavy atom. The van der Waals surface area contributed by atoms with Gasteiger partial charge in [-0.2, -0.15) is 0 Å². The lowest BCUT2D eigenvalue weighted by atomic mass is 10.0. The minimum absolute atomic E-state index is 0.187. The van der Waals surface area contributed by atoms with Crippen LogP contribution < -0.4 is 10.1 Å². The monoisotopic (exact) mass is 269 g/mol. The fourth-order valence-corrected chi connectivity index (χ4v) is 2.12. The summed E-state index contributed by atoms with van der Waals surface area (Å²) in [4.78, 5) is 0. The maximum absolute atomic E-state index is 5.18. The van der Waals surface area contributed by atoms with Gasteiger partial charge in [-0.05, 0) is 47.6 Å². The van der Waals surface area contributed by atoms with Gasteiger partial charge in [-0.1, -0.05) is 18.2 Å². The molecule has 82 valence electrons. The maximum Gasteiger partial charge on any atom is 0.133 e. The number of halogens is 1. The van der Waals surface area contributed by atoms with Crippen LogP contribution in [0.15, 0.2) is 34.8 Å². The van der Waals surface area contributed by atoms with Crippen molar-refractivity contribution in [3.63, 3.8) is 0 Å². The van der Waals surface area contributed by atoms with Crippen molar-refractivity contribution in [2.24, 2.45) is 0 Å². The van der Waals surface area contributed by atoms with Crippen molar-refractivity contribution in [3.05, 3.63) is 40.4 Å². The molecule has 2 nitrogen and oxygen atoms in total. The van der Waals surface area contributed by atoms with E-state index >= 15 is 0 Å². The summed E-state index contributed by atoms with van der Waals surface area (Å²) in [6.07, 6.45) is 0. The third-order valence-electron chi connectivity index (χ3n) is 2.29. The Morgan fingerprint density at radius 1 is 1.53 bits per heavy atom. The van der Waals surface area contributed by atoms with E-state index < -0.39 is 0 Å². The fraction of sp³-hybridized carbons (Fsp3) is 0.333. The molecule has 1 unspecified atom stereocenters. The highest BCUT2D eigenvalue weighted by Gasteiger charge is 2.11. The van der Waals surface area contributed by atoms with Crippen LogP contribution >= 0.6 is 15.9 Å². The standard InChI is InChI=1S/C12H16BrNO/c1-8(2)12(14-3)9-5-6-11(15-4)10(13)7-9/h5-7,12,14H,1H2,2-4H3. The molecule has 0 aromatic heterocycles. The molecule has 0 heterocycles. The lowest BCUT2D eigenvalue weighted by Crippen LogP contribution is -2.16. The molecule has 0 saturated heterocycles. The Kier molecular flexibility index (Phi) is 4.36. The zero-order valence-corrected chi connectivity index (χ0v) is 10.9. The SMILES string of the molecule is C=C(C)C(NC)c1ccc(OC)c(Br)c1. The summed E-state index contributed by atoms with van der Waals surface area (Å²) in [5, 5.41) is 3.22. The summed E-state index contributed by atoms with van der Waals surface area (Å²) in [6, 6.07) is 6.23. The van der Waals surface area contributed by atoms with Crippen LogP contribution in [0.2, 0.25) is 0 Å². The minimum atomic E-state index is 0.187. The van der Waals surface area contributed by atoms with Crippen LogP contribution in [-0.2, 0) is 0 Å². The molecule has 0 aliphatic rings. The molecule has 1 rings (SSSR count). The second-order valence-corrected chi connectivity index (χ2v) is 4.32. The predicted octanol–water partition coefficient (Wildman–Crippen LogP) is 3.29. The summed E-state index contributed by atoms with van der Waals surface area (Å²) < 4.78 is 6.15. The Hall–Kier alpha value is -0.800. The molecule has 0 aliphatic heterocycles. The van der Waals surface area contributed by atoms with Gasteiger partial charge in [0.05, 0.1) is 17.6 Å². The van der Waals surface area contributed by atoms with Crippen LogP contribution in [0.4, 0.5) is 0 Å². The number of ether oxygens (including phenoxy) is 1. The van der Waals surface area contributed by atoms with Gasteiger partial charge in [0.15, 0.2) is 0 Å². The molecule has 0 radical (unpaired) electrons. The van der Waals surface area contributed by atoms with Crippen molar-refractivity contribution >= 4 is 15.9 Å². The molecule has 0 aliphatic carbocycles. The summed E-state index contributed by atoms with van der Waals surface area (Å²) in [5.74, 6) is 0.843. The van der Waals surface area contributed by atoms with E-state index in [1.807, 2.05) is 26.1 Å². The van der Waals surface area contributed by atoms with Crippen molar-refractivity contribution < 1.29 is 4.74 Å². The smallest absolute Gasteiger partial charge is 0.133 e. The molecular formula is C12H16BrNO. The Labute approximate surface area is 99.5 Å². The molecule has 0 saturated carbocycles. The van der Waals surface area contributed by atoms with E-state index in [1.54, 1.807) is 7.11 Å². The lowest BCUT2D eigenvalue weighted by Gasteiger charge is -2.17. The molecular weight excluding hydrogens is 254 g/mol. The summed E-state index contributed by atoms with van der Waals surface area (Å²) >= 11 is 3.47. The van der Waals surface area contributed by atoms with E-state index in [4.69, 9.17) is 4.74 Å². The Balaban J connectivity index is 3.05. The molecule has 3 heteroatoms. The first kappa shape index (κ1) is 12.3. The summed E-state index contributed by atoms with van der Waals surface area (Å²) in [7, 11) is 3.59. The largest absolute Gasteiger partial charge is 0.496 e. The average molecular weight is 270 g/mol. The van der Waals surface area contributed by atoms with Gasteiger partial charge in [-0.3, -0.25) is 0 Å². The van der Waals surface area contributed by atoms with Crippen LogP contribution in [0.3, 0.4) is 0 Å². The number of hydrogen-bond donors (Lipinski definition) is 1. The van der Waals surface area contributed by atoms with E-state index in [1.165, 1.54) is 5.56 Å². The van der Waals surface area contributed by atoms with Crippen molar-refractivity contribution in [1.29, 1.82) is 0 Å². The third kappa shape index (κ3) is 2.83. The topological polar surface area (TPSA) is 21.3 Å². The van der Waals surface area contributed by atoms with Crippen LogP contribution in [0.25, 0.3) is 0 Å². The highest BCUT2D eigenvalue weighted by molar-refractivity contribution is 9.10. The van der Waals surface area contributed by atoms with Crippen molar-refractivity contribution in [2.75, 3.05) is 14.2 Å². The average Bonchev–Trinajstić information content (AvgIpc) is 2.18. The molecule has 15 heavy (non-hydrogen) atoms. The molecule has 1 atom stereocenters. The van der Waals surface area contributed by atoms with Crippen LogP contribution in [0.5, 0.6) is 5.75 Å². The van der Waals surface area contributed by atoms with Gasteiger partial charge in [0, 0.05) is 0 Å². The Bertz CT molecular complexity index is 363. The van der Waals surface area contributed by atoms with E-state index in [0.29, 0.717) is 0 Å². The predicted molar refractivity (Wildman–Crippen MR) is 67.3 cm³/mol. The second-order valence-electron chi connectivity index (χ2n) is 3.46. The summed E-state index contributed by atoms with van der Waals surface area (Å²) in [6.45, 7) is 5.98. The first-order chi connectivity index (χ1) is 7.10. The van der Waals surface area contributed by atoms with Gasteiger partial charge in [0.25, 0.3) is 0 Å². The third-order valence-corrected chi connectivity index (χ3v) is 2.91. The van der Waals surface area contributed by atoms with Crippen LogP contribution in [-0.4, -0.2) is 14.2 Å². The minimum Gasteiger partial charge on any atom is -0.496 e. The molecule has 1 aromatic carbocycles. The molecule has 1 N–H and O–H groups in total. The van der Waals surface area contributed by atoms with E-state index in [2.05, 4.69) is 33.9 Å². The van der Waals surface area contributed by atoms with Crippen molar-refractivity contribution in [1.82, 2.24) is 5.32 Å². The van der Waals surface area contributed by atoms with E-state index in [9.17, 15) is 0 Å². The Morgan fingerprint density at radius 3 is 2.60 bits per heavy atom. The van der Waals surface area contributed by atoms with Crippen LogP contribution in [0.1, 0.15) is 18.5 Å². The van der Waals surface area contributed by atoms with Crippen molar-refractivity contribution in [3.8, 4) is 5.75 Å². The van der Waals surface area contributed by atoms with Gasteiger partial charge in [-0.25, -0.2) is 0 Å². The summed E-state index contributed by atoms with van der Waals surface area (Å²) in [5.41, 5.74) is 2.27. The molecule has 0 bridgehead atoms. The van der Waals surface area contributed by atoms with Crippen LogP contribution in [0, 0.1) is 0 Å². The van der Waals surface area contributed by atoms with E-state index in [0.717, 1.165) is 15.8 Å². The molecule has 0 fully saturated rings. The fourth-order valence-electron chi connectivity index (χ4n) is 1.56. The number of nitrogens with one attached hydrogen (secondary N) is 1. The number of hydrogen-bond acceptors (Lipinski definition) is 2. The molecule has 1 aromatic rings. The quantitative estimate of drug-likeness (QED) is 0.848. The zero-order valence-electron chi connectivity index (χ0n) is 9.30. The first-order valence-corrected chi connectivity index (χ1v) is 5.55. The number of benzene rings is 1. The number of likely N-dealkylation sites (N-methyl/N-ethyl adjacent to an activating group) is 1. The maximum atomic E-state index is 5.18. The zero-order chi connectivity index (χ0) is 11.4. The first-order valence-electron chi connectivity index (χ1n) is 4.76. The van der Waals surface area contributed by atoms with Gasteiger partial charge >= 0.3 is 0 Å². The van der Waals surface area contributed by atoms with Gasteiger partial charge in [0.1, 0.15) is 5.75 Å². The number of methoxy groups -OCH3 is 1. The van der Waals surface area contributed by atoms with Gasteiger partial charge in [-0.15, -0.1) is 0 Å². The molecule has 0 amide bonds. The number of rotatable bonds is 4. The normalized spacial score (nSPS) is 12.3. The van der Waals surface area contributed by atoms with E-state index in [-0.39, 0.29) is 6.04 Å². The highest BCUT2D eigenvalue weighted by Crippen LogP contribution is 2.29.